The fourth-order valence-corrected chi connectivity index (χ4v) is 2.58. The molecule has 0 bridgehead atoms. The number of hydrogen-bond acceptors (Lipinski definition) is 5. The fourth-order valence-electron chi connectivity index (χ4n) is 1.99. The number of carbonyl (C=O) groups is 3. The number of hydrogen-bond donors (Lipinski definition) is 1. The predicted molar refractivity (Wildman–Crippen MR) is 78.2 cm³/mol. The van der Waals surface area contributed by atoms with Crippen LogP contribution in [0.3, 0.4) is 0 Å². The second-order valence-electron chi connectivity index (χ2n) is 4.47. The number of carbonyl (C=O) groups excluding carboxylic acids is 3. The van der Waals surface area contributed by atoms with Crippen molar-refractivity contribution in [3.8, 4) is 0 Å². The molecule has 1 heterocycles. The van der Waals surface area contributed by atoms with E-state index >= 15 is 0 Å². The smallest absolute Gasteiger partial charge is 0.340 e. The summed E-state index contributed by atoms with van der Waals surface area (Å²) in [6.07, 6.45) is 0.853. The Bertz CT molecular complexity index is 576. The van der Waals surface area contributed by atoms with Gasteiger partial charge in [0.15, 0.2) is 6.10 Å². The second kappa shape index (κ2) is 6.62. The lowest BCUT2D eigenvalue weighted by atomic mass is 10.2. The molecule has 0 spiro atoms. The maximum Gasteiger partial charge on any atom is 0.340 e. The van der Waals surface area contributed by atoms with E-state index in [1.807, 2.05) is 18.4 Å². The average molecular weight is 308 g/mol. The van der Waals surface area contributed by atoms with Crippen LogP contribution in [0.4, 0.5) is 4.79 Å². The number of benzene rings is 1. The molecular weight excluding hydrogens is 292 g/mol. The van der Waals surface area contributed by atoms with E-state index in [0.29, 0.717) is 18.7 Å². The largest absolute Gasteiger partial charge is 0.449 e. The van der Waals surface area contributed by atoms with Crippen LogP contribution < -0.4 is 5.32 Å². The van der Waals surface area contributed by atoms with Crippen LogP contribution in [0.2, 0.25) is 0 Å². The molecule has 1 aliphatic heterocycles. The van der Waals surface area contributed by atoms with Gasteiger partial charge in [-0.1, -0.05) is 12.1 Å². The van der Waals surface area contributed by atoms with Gasteiger partial charge in [-0.3, -0.25) is 9.69 Å². The molecule has 7 heteroatoms. The van der Waals surface area contributed by atoms with Gasteiger partial charge in [0.2, 0.25) is 0 Å². The number of rotatable bonds is 4. The Morgan fingerprint density at radius 1 is 1.38 bits per heavy atom. The van der Waals surface area contributed by atoms with Crippen molar-refractivity contribution < 1.29 is 19.1 Å². The van der Waals surface area contributed by atoms with E-state index in [9.17, 15) is 14.4 Å². The Morgan fingerprint density at radius 2 is 2.10 bits per heavy atom. The van der Waals surface area contributed by atoms with Gasteiger partial charge in [0.1, 0.15) is 0 Å². The predicted octanol–water partition coefficient (Wildman–Crippen LogP) is 1.51. The molecule has 0 unspecified atom stereocenters. The lowest BCUT2D eigenvalue weighted by molar-refractivity contribution is -0.136. The minimum atomic E-state index is -1.00. The standard InChI is InChI=1S/C14H16N2O4S/c1-9(12(17)16-8-7-15-14(16)19)20-13(18)10-5-3-4-6-11(10)21-2/h3-6,9H,7-8H2,1-2H3,(H,15,19)/t9-/m1/s1. The van der Waals surface area contributed by atoms with Crippen molar-refractivity contribution in [2.45, 2.75) is 17.9 Å². The van der Waals surface area contributed by atoms with E-state index in [2.05, 4.69) is 5.32 Å². The number of urea groups is 1. The van der Waals surface area contributed by atoms with Gasteiger partial charge in [-0.05, 0) is 25.3 Å². The maximum absolute atomic E-state index is 12.1. The Kier molecular flexibility index (Phi) is 4.85. The fraction of sp³-hybridized carbons (Fsp3) is 0.357. The monoisotopic (exact) mass is 308 g/mol. The lowest BCUT2D eigenvalue weighted by Gasteiger charge is -2.18. The van der Waals surface area contributed by atoms with Gasteiger partial charge >= 0.3 is 12.0 Å². The minimum absolute atomic E-state index is 0.293. The summed E-state index contributed by atoms with van der Waals surface area (Å²) in [4.78, 5) is 37.4. The van der Waals surface area contributed by atoms with Crippen LogP contribution >= 0.6 is 11.8 Å². The lowest BCUT2D eigenvalue weighted by Crippen LogP contribution is -2.41. The number of thioether (sulfide) groups is 1. The average Bonchev–Trinajstić information content (AvgIpc) is 2.92. The Labute approximate surface area is 126 Å². The van der Waals surface area contributed by atoms with Crippen molar-refractivity contribution in [3.05, 3.63) is 29.8 Å². The number of ether oxygens (including phenoxy) is 1. The zero-order chi connectivity index (χ0) is 15.4. The van der Waals surface area contributed by atoms with E-state index < -0.39 is 24.0 Å². The molecule has 3 amide bonds. The van der Waals surface area contributed by atoms with E-state index in [1.54, 1.807) is 12.1 Å². The molecule has 6 nitrogen and oxygen atoms in total. The van der Waals surface area contributed by atoms with Gasteiger partial charge in [-0.25, -0.2) is 9.59 Å². The molecule has 0 radical (unpaired) electrons. The summed E-state index contributed by atoms with van der Waals surface area (Å²) < 4.78 is 5.18. The van der Waals surface area contributed by atoms with E-state index in [4.69, 9.17) is 4.74 Å². The summed E-state index contributed by atoms with van der Waals surface area (Å²) in [5, 5.41) is 2.53. The van der Waals surface area contributed by atoms with Crippen molar-refractivity contribution in [2.24, 2.45) is 0 Å². The molecule has 1 N–H and O–H groups in total. The van der Waals surface area contributed by atoms with E-state index in [0.717, 1.165) is 9.80 Å². The topological polar surface area (TPSA) is 75.7 Å². The van der Waals surface area contributed by atoms with E-state index in [1.165, 1.54) is 18.7 Å². The highest BCUT2D eigenvalue weighted by molar-refractivity contribution is 7.98. The number of imide groups is 1. The van der Waals surface area contributed by atoms with Crippen molar-refractivity contribution in [2.75, 3.05) is 19.3 Å². The normalized spacial score (nSPS) is 15.5. The highest BCUT2D eigenvalue weighted by Crippen LogP contribution is 2.21. The third-order valence-electron chi connectivity index (χ3n) is 3.08. The minimum Gasteiger partial charge on any atom is -0.449 e. The zero-order valence-corrected chi connectivity index (χ0v) is 12.6. The molecule has 0 aliphatic carbocycles. The van der Waals surface area contributed by atoms with Gasteiger partial charge in [0.05, 0.1) is 5.56 Å². The summed E-state index contributed by atoms with van der Waals surface area (Å²) >= 11 is 1.42. The molecule has 21 heavy (non-hydrogen) atoms. The molecule has 1 aromatic rings. The van der Waals surface area contributed by atoms with Gasteiger partial charge in [-0.2, -0.15) is 0 Å². The third-order valence-corrected chi connectivity index (χ3v) is 3.88. The number of esters is 1. The van der Waals surface area contributed by atoms with Crippen molar-refractivity contribution in [1.82, 2.24) is 10.2 Å². The Morgan fingerprint density at radius 3 is 2.71 bits per heavy atom. The summed E-state index contributed by atoms with van der Waals surface area (Å²) in [6.45, 7) is 2.18. The number of nitrogens with zero attached hydrogens (tertiary/aromatic N) is 1. The first-order chi connectivity index (χ1) is 10.0. The third kappa shape index (κ3) is 3.36. The van der Waals surface area contributed by atoms with Crippen LogP contribution in [-0.2, 0) is 9.53 Å². The molecule has 2 rings (SSSR count). The van der Waals surface area contributed by atoms with Gasteiger partial charge in [0, 0.05) is 18.0 Å². The molecule has 0 aromatic heterocycles. The highest BCUT2D eigenvalue weighted by Gasteiger charge is 2.32. The molecule has 1 fully saturated rings. The summed E-state index contributed by atoms with van der Waals surface area (Å²) in [5.74, 6) is -1.08. The van der Waals surface area contributed by atoms with Crippen molar-refractivity contribution in [1.29, 1.82) is 0 Å². The summed E-state index contributed by atoms with van der Waals surface area (Å²) in [6, 6.07) is 6.56. The Balaban J connectivity index is 2.05. The summed E-state index contributed by atoms with van der Waals surface area (Å²) in [5.41, 5.74) is 0.413. The van der Waals surface area contributed by atoms with Crippen molar-refractivity contribution in [3.63, 3.8) is 0 Å². The van der Waals surface area contributed by atoms with Gasteiger partial charge in [0.25, 0.3) is 5.91 Å². The maximum atomic E-state index is 12.1. The van der Waals surface area contributed by atoms with Crippen LogP contribution in [0.1, 0.15) is 17.3 Å². The van der Waals surface area contributed by atoms with E-state index in [-0.39, 0.29) is 0 Å². The van der Waals surface area contributed by atoms with Crippen LogP contribution in [0.25, 0.3) is 0 Å². The second-order valence-corrected chi connectivity index (χ2v) is 5.32. The summed E-state index contributed by atoms with van der Waals surface area (Å²) in [7, 11) is 0. The quantitative estimate of drug-likeness (QED) is 0.674. The Hall–Kier alpha value is -2.02. The van der Waals surface area contributed by atoms with Crippen LogP contribution in [0, 0.1) is 0 Å². The highest BCUT2D eigenvalue weighted by atomic mass is 32.2. The SMILES string of the molecule is CSc1ccccc1C(=O)O[C@H](C)C(=O)N1CCNC1=O. The molecule has 1 atom stereocenters. The van der Waals surface area contributed by atoms with Gasteiger partial charge in [-0.15, -0.1) is 11.8 Å². The molecule has 0 saturated carbocycles. The first-order valence-corrected chi connectivity index (χ1v) is 7.70. The molecule has 1 saturated heterocycles. The zero-order valence-electron chi connectivity index (χ0n) is 11.8. The molecule has 112 valence electrons. The molecular formula is C14H16N2O4S. The van der Waals surface area contributed by atoms with Crippen LogP contribution in [-0.4, -0.2) is 48.3 Å². The molecule has 1 aromatic carbocycles. The first-order valence-electron chi connectivity index (χ1n) is 6.47. The number of amides is 3. The first kappa shape index (κ1) is 15.4. The van der Waals surface area contributed by atoms with Crippen LogP contribution in [0.5, 0.6) is 0 Å². The number of nitrogens with one attached hydrogen (secondary N) is 1. The molecule has 1 aliphatic rings. The van der Waals surface area contributed by atoms with Gasteiger partial charge < -0.3 is 10.1 Å². The van der Waals surface area contributed by atoms with Crippen LogP contribution in [0.15, 0.2) is 29.2 Å². The van der Waals surface area contributed by atoms with Crippen molar-refractivity contribution >= 4 is 29.7 Å².